The van der Waals surface area contributed by atoms with E-state index < -0.39 is 6.04 Å². The Morgan fingerprint density at radius 3 is 2.06 bits per heavy atom. The number of hydrogen-bond acceptors (Lipinski definition) is 1. The minimum Gasteiger partial charge on any atom is -0.327 e. The molecule has 4 aromatic rings. The summed E-state index contributed by atoms with van der Waals surface area (Å²) in [6.45, 7) is 0.551. The average Bonchev–Trinajstić information content (AvgIpc) is 2.84. The molecule has 0 bridgehead atoms. The molecule has 5 rings (SSSR count). The number of rotatable bonds is 3. The molecule has 0 spiro atoms. The van der Waals surface area contributed by atoms with Crippen LogP contribution in [0.2, 0.25) is 0 Å². The van der Waals surface area contributed by atoms with Crippen molar-refractivity contribution in [3.63, 3.8) is 0 Å². The molecule has 1 heterocycles. The smallest absolute Gasteiger partial charge is 0.254 e. The number of carbonyl (C=O) groups excluding carboxylic acids is 1. The molecule has 0 saturated carbocycles. The third-order valence-electron chi connectivity index (χ3n) is 5.98. The van der Waals surface area contributed by atoms with Gasteiger partial charge in [-0.1, -0.05) is 84.9 Å². The van der Waals surface area contributed by atoms with E-state index in [0.717, 1.165) is 23.1 Å². The van der Waals surface area contributed by atoms with Crippen LogP contribution in [-0.2, 0) is 6.42 Å². The number of hydrogen-bond donors (Lipinski definition) is 0. The van der Waals surface area contributed by atoms with Crippen LogP contribution >= 0.6 is 0 Å². The molecule has 0 N–H and O–H groups in total. The van der Waals surface area contributed by atoms with Gasteiger partial charge in [0.05, 0.1) is 6.04 Å². The van der Waals surface area contributed by atoms with E-state index in [1.807, 2.05) is 78.9 Å². The van der Waals surface area contributed by atoms with Crippen molar-refractivity contribution in [3.05, 3.63) is 131 Å². The highest BCUT2D eigenvalue weighted by Gasteiger charge is 2.33. The van der Waals surface area contributed by atoms with Gasteiger partial charge in [-0.25, -0.2) is 4.39 Å². The fourth-order valence-corrected chi connectivity index (χ4v) is 4.42. The summed E-state index contributed by atoms with van der Waals surface area (Å²) in [6, 6.07) is 32.1. The van der Waals surface area contributed by atoms with Gasteiger partial charge in [0.25, 0.3) is 5.91 Å². The minimum absolute atomic E-state index is 0.0811. The number of halogens is 1. The molecule has 0 aliphatic carbocycles. The van der Waals surface area contributed by atoms with Crippen LogP contribution in [-0.4, -0.2) is 17.4 Å². The Balaban J connectivity index is 1.52. The van der Waals surface area contributed by atoms with Crippen LogP contribution in [0.5, 0.6) is 0 Å². The molecule has 152 valence electrons. The first-order valence-electron chi connectivity index (χ1n) is 10.5. The lowest BCUT2D eigenvalue weighted by atomic mass is 9.87. The van der Waals surface area contributed by atoms with E-state index in [-0.39, 0.29) is 11.7 Å². The van der Waals surface area contributed by atoms with Gasteiger partial charge in [-0.15, -0.1) is 0 Å². The second-order valence-electron chi connectivity index (χ2n) is 7.81. The lowest BCUT2D eigenvalue weighted by Crippen LogP contribution is -2.41. The standard InChI is InChI=1S/C28H22FNO/c29-26-13-7-6-12-25(26)27-24-11-5-4-10-22(24)18-19-30(27)28(31)23-16-14-21(15-17-23)20-8-2-1-3-9-20/h1-17,27H,18-19H2/t27-/m0/s1. The lowest BCUT2D eigenvalue weighted by molar-refractivity contribution is 0.0692. The highest BCUT2D eigenvalue weighted by atomic mass is 19.1. The van der Waals surface area contributed by atoms with Gasteiger partial charge >= 0.3 is 0 Å². The minimum atomic E-state index is -0.438. The second-order valence-corrected chi connectivity index (χ2v) is 7.81. The fraction of sp³-hybridized carbons (Fsp3) is 0.107. The lowest BCUT2D eigenvalue weighted by Gasteiger charge is -2.38. The molecule has 0 saturated heterocycles. The topological polar surface area (TPSA) is 20.3 Å². The van der Waals surface area contributed by atoms with Gasteiger partial charge in [0, 0.05) is 17.7 Å². The average molecular weight is 407 g/mol. The van der Waals surface area contributed by atoms with E-state index in [9.17, 15) is 9.18 Å². The molecule has 0 radical (unpaired) electrons. The van der Waals surface area contributed by atoms with Crippen molar-refractivity contribution in [2.24, 2.45) is 0 Å². The van der Waals surface area contributed by atoms with E-state index in [0.29, 0.717) is 17.7 Å². The molecule has 0 aromatic heterocycles. The van der Waals surface area contributed by atoms with Crippen molar-refractivity contribution < 1.29 is 9.18 Å². The van der Waals surface area contributed by atoms with Gasteiger partial charge in [0.1, 0.15) is 5.82 Å². The van der Waals surface area contributed by atoms with Gasteiger partial charge in [-0.05, 0) is 46.9 Å². The third kappa shape index (κ3) is 3.64. The number of nitrogens with zero attached hydrogens (tertiary/aromatic N) is 1. The van der Waals surface area contributed by atoms with Gasteiger partial charge in [-0.3, -0.25) is 4.79 Å². The summed E-state index contributed by atoms with van der Waals surface area (Å²) in [5, 5.41) is 0. The Bertz CT molecular complexity index is 1220. The van der Waals surface area contributed by atoms with E-state index in [4.69, 9.17) is 0 Å². The third-order valence-corrected chi connectivity index (χ3v) is 5.98. The summed E-state index contributed by atoms with van der Waals surface area (Å²) in [5.41, 5.74) is 5.47. The number of amides is 1. The Hall–Kier alpha value is -3.72. The van der Waals surface area contributed by atoms with Crippen molar-refractivity contribution in [2.75, 3.05) is 6.54 Å². The summed E-state index contributed by atoms with van der Waals surface area (Å²) < 4.78 is 14.8. The summed E-state index contributed by atoms with van der Waals surface area (Å²) >= 11 is 0. The molecule has 3 heteroatoms. The van der Waals surface area contributed by atoms with Gasteiger partial charge < -0.3 is 4.90 Å². The maximum absolute atomic E-state index is 14.8. The molecule has 0 unspecified atom stereocenters. The largest absolute Gasteiger partial charge is 0.327 e. The summed E-state index contributed by atoms with van der Waals surface area (Å²) in [7, 11) is 0. The molecule has 0 fully saturated rings. The summed E-state index contributed by atoms with van der Waals surface area (Å²) in [6.07, 6.45) is 0.759. The zero-order valence-electron chi connectivity index (χ0n) is 17.0. The first kappa shape index (κ1) is 19.3. The predicted octanol–water partition coefficient (Wildman–Crippen LogP) is 6.28. The van der Waals surface area contributed by atoms with Crippen LogP contribution in [0.4, 0.5) is 4.39 Å². The first-order valence-corrected chi connectivity index (χ1v) is 10.5. The number of fused-ring (bicyclic) bond motifs is 1. The molecular weight excluding hydrogens is 385 g/mol. The summed E-state index contributed by atoms with van der Waals surface area (Å²) in [5.74, 6) is -0.371. The van der Waals surface area contributed by atoms with Crippen molar-refractivity contribution in [2.45, 2.75) is 12.5 Å². The van der Waals surface area contributed by atoms with Crippen LogP contribution in [0.1, 0.15) is 33.1 Å². The maximum atomic E-state index is 14.8. The second kappa shape index (κ2) is 8.19. The fourth-order valence-electron chi connectivity index (χ4n) is 4.42. The normalized spacial score (nSPS) is 15.4. The van der Waals surface area contributed by atoms with Crippen molar-refractivity contribution in [1.29, 1.82) is 0 Å². The molecule has 1 atom stereocenters. The Labute approximate surface area is 181 Å². The highest BCUT2D eigenvalue weighted by molar-refractivity contribution is 5.95. The molecule has 1 aliphatic heterocycles. The van der Waals surface area contributed by atoms with E-state index in [1.54, 1.807) is 17.0 Å². The summed E-state index contributed by atoms with van der Waals surface area (Å²) in [4.78, 5) is 15.4. The molecule has 4 aromatic carbocycles. The SMILES string of the molecule is O=C(c1ccc(-c2ccccc2)cc1)N1CCc2ccccc2[C@H]1c1ccccc1F. The Morgan fingerprint density at radius 2 is 1.32 bits per heavy atom. The van der Waals surface area contributed by atoms with E-state index in [1.165, 1.54) is 11.6 Å². The quantitative estimate of drug-likeness (QED) is 0.391. The maximum Gasteiger partial charge on any atom is 0.254 e. The number of benzene rings is 4. The van der Waals surface area contributed by atoms with Crippen molar-refractivity contribution in [1.82, 2.24) is 4.90 Å². The zero-order valence-corrected chi connectivity index (χ0v) is 17.0. The zero-order chi connectivity index (χ0) is 21.2. The molecular formula is C28H22FNO. The monoisotopic (exact) mass is 407 g/mol. The van der Waals surface area contributed by atoms with Crippen LogP contribution in [0.15, 0.2) is 103 Å². The Kier molecular flexibility index (Phi) is 5.09. The number of carbonyl (C=O) groups is 1. The molecule has 1 amide bonds. The molecule has 31 heavy (non-hydrogen) atoms. The molecule has 2 nitrogen and oxygen atoms in total. The van der Waals surface area contributed by atoms with Crippen LogP contribution in [0.25, 0.3) is 11.1 Å². The Morgan fingerprint density at radius 1 is 0.710 bits per heavy atom. The van der Waals surface area contributed by atoms with Crippen LogP contribution < -0.4 is 0 Å². The predicted molar refractivity (Wildman–Crippen MR) is 121 cm³/mol. The van der Waals surface area contributed by atoms with Crippen molar-refractivity contribution >= 4 is 5.91 Å². The molecule has 1 aliphatic rings. The van der Waals surface area contributed by atoms with Gasteiger partial charge in [-0.2, -0.15) is 0 Å². The van der Waals surface area contributed by atoms with E-state index in [2.05, 4.69) is 6.07 Å². The van der Waals surface area contributed by atoms with Gasteiger partial charge in [0.15, 0.2) is 0 Å². The van der Waals surface area contributed by atoms with Crippen molar-refractivity contribution in [3.8, 4) is 11.1 Å². The van der Waals surface area contributed by atoms with E-state index >= 15 is 0 Å². The first-order chi connectivity index (χ1) is 15.2. The van der Waals surface area contributed by atoms with Gasteiger partial charge in [0.2, 0.25) is 0 Å². The highest BCUT2D eigenvalue weighted by Crippen LogP contribution is 2.37. The van der Waals surface area contributed by atoms with Crippen LogP contribution in [0.3, 0.4) is 0 Å². The van der Waals surface area contributed by atoms with Crippen LogP contribution in [0, 0.1) is 5.82 Å².